The monoisotopic (exact) mass is 244 g/mol. The van der Waals surface area contributed by atoms with Gasteiger partial charge in [0.05, 0.1) is 5.52 Å². The lowest BCUT2D eigenvalue weighted by atomic mass is 9.95. The first-order valence-electron chi connectivity index (χ1n) is 6.36. The van der Waals surface area contributed by atoms with Gasteiger partial charge in [0, 0.05) is 16.6 Å². The highest BCUT2D eigenvalue weighted by Crippen LogP contribution is 2.26. The number of hydrogen-bond acceptors (Lipinski definition) is 4. The second-order valence-corrected chi connectivity index (χ2v) is 4.89. The summed E-state index contributed by atoms with van der Waals surface area (Å²) in [6.07, 6.45) is 3.67. The van der Waals surface area contributed by atoms with E-state index in [1.165, 1.54) is 0 Å². The van der Waals surface area contributed by atoms with E-state index in [1.54, 1.807) is 6.33 Å². The van der Waals surface area contributed by atoms with Crippen LogP contribution in [0.2, 0.25) is 0 Å². The van der Waals surface area contributed by atoms with Crippen LogP contribution < -0.4 is 11.1 Å². The number of fused-ring (bicyclic) bond motifs is 1. The Balaban J connectivity index is 2.47. The average Bonchev–Trinajstić information content (AvgIpc) is 2.39. The van der Waals surface area contributed by atoms with Gasteiger partial charge in [-0.15, -0.1) is 0 Å². The highest BCUT2D eigenvalue weighted by molar-refractivity contribution is 5.91. The van der Waals surface area contributed by atoms with Crippen LogP contribution in [0.5, 0.6) is 0 Å². The first-order valence-corrected chi connectivity index (χ1v) is 6.36. The molecule has 1 aromatic heterocycles. The molecule has 0 aliphatic carbocycles. The van der Waals surface area contributed by atoms with E-state index in [0.29, 0.717) is 0 Å². The Bertz CT molecular complexity index is 546. The van der Waals surface area contributed by atoms with Gasteiger partial charge in [-0.3, -0.25) is 0 Å². The van der Waals surface area contributed by atoms with Crippen LogP contribution >= 0.6 is 0 Å². The molecule has 0 aliphatic heterocycles. The second kappa shape index (κ2) is 4.80. The summed E-state index contributed by atoms with van der Waals surface area (Å²) >= 11 is 0. The molecular formula is C14H20N4. The molecule has 2 rings (SSSR count). The molecule has 0 fully saturated rings. The third kappa shape index (κ3) is 2.37. The van der Waals surface area contributed by atoms with Crippen LogP contribution in [0.4, 0.5) is 11.5 Å². The molecule has 0 atom stereocenters. The van der Waals surface area contributed by atoms with Crippen molar-refractivity contribution >= 4 is 22.4 Å². The van der Waals surface area contributed by atoms with Crippen LogP contribution in [0.1, 0.15) is 33.6 Å². The van der Waals surface area contributed by atoms with Crippen LogP contribution in [0, 0.1) is 0 Å². The number of nitrogen functional groups attached to an aromatic ring is 1. The molecule has 18 heavy (non-hydrogen) atoms. The zero-order valence-corrected chi connectivity index (χ0v) is 11.2. The van der Waals surface area contributed by atoms with E-state index in [4.69, 9.17) is 5.73 Å². The molecule has 96 valence electrons. The van der Waals surface area contributed by atoms with Gasteiger partial charge in [-0.25, -0.2) is 9.97 Å². The molecule has 3 N–H and O–H groups in total. The van der Waals surface area contributed by atoms with Crippen LogP contribution in [-0.4, -0.2) is 15.5 Å². The number of benzene rings is 1. The lowest BCUT2D eigenvalue weighted by Crippen LogP contribution is -2.33. The summed E-state index contributed by atoms with van der Waals surface area (Å²) < 4.78 is 0. The fourth-order valence-corrected chi connectivity index (χ4v) is 1.89. The molecular weight excluding hydrogens is 224 g/mol. The lowest BCUT2D eigenvalue weighted by molar-refractivity contribution is 0.477. The maximum absolute atomic E-state index is 5.84. The fraction of sp³-hybridized carbons (Fsp3) is 0.429. The summed E-state index contributed by atoms with van der Waals surface area (Å²) in [5.41, 5.74) is 7.53. The highest BCUT2D eigenvalue weighted by atomic mass is 15.1. The Labute approximate surface area is 108 Å². The standard InChI is InChI=1S/C14H20N4/c1-4-14(3,5-2)18-13-11-8-10(15)6-7-12(11)16-9-17-13/h6-9H,4-5,15H2,1-3H3,(H,16,17,18). The number of anilines is 2. The quantitative estimate of drug-likeness (QED) is 0.811. The van der Waals surface area contributed by atoms with Crippen LogP contribution in [-0.2, 0) is 0 Å². The number of aromatic nitrogens is 2. The molecule has 2 aromatic rings. The summed E-state index contributed by atoms with van der Waals surface area (Å²) in [5, 5.41) is 4.50. The van der Waals surface area contributed by atoms with Crippen molar-refractivity contribution in [2.75, 3.05) is 11.1 Å². The van der Waals surface area contributed by atoms with Gasteiger partial charge in [0.15, 0.2) is 0 Å². The Kier molecular flexibility index (Phi) is 3.36. The summed E-state index contributed by atoms with van der Waals surface area (Å²) in [6, 6.07) is 5.70. The van der Waals surface area contributed by atoms with Gasteiger partial charge in [-0.1, -0.05) is 13.8 Å². The van der Waals surface area contributed by atoms with Crippen molar-refractivity contribution in [2.45, 2.75) is 39.2 Å². The molecule has 4 nitrogen and oxygen atoms in total. The van der Waals surface area contributed by atoms with Gasteiger partial charge < -0.3 is 11.1 Å². The molecule has 1 aromatic carbocycles. The topological polar surface area (TPSA) is 63.8 Å². The van der Waals surface area contributed by atoms with Crippen LogP contribution in [0.15, 0.2) is 24.5 Å². The molecule has 1 heterocycles. The number of nitrogens with two attached hydrogens (primary N) is 1. The SMILES string of the molecule is CCC(C)(CC)Nc1ncnc2ccc(N)cc12. The smallest absolute Gasteiger partial charge is 0.137 e. The normalized spacial score (nSPS) is 11.7. The first-order chi connectivity index (χ1) is 8.58. The Hall–Kier alpha value is -1.84. The molecule has 0 bridgehead atoms. The largest absolute Gasteiger partial charge is 0.399 e. The van der Waals surface area contributed by atoms with E-state index in [9.17, 15) is 0 Å². The maximum atomic E-state index is 5.84. The van der Waals surface area contributed by atoms with Crippen molar-refractivity contribution in [3.63, 3.8) is 0 Å². The summed E-state index contributed by atoms with van der Waals surface area (Å²) in [6.45, 7) is 6.55. The van der Waals surface area contributed by atoms with Gasteiger partial charge in [0.1, 0.15) is 12.1 Å². The average molecular weight is 244 g/mol. The molecule has 0 spiro atoms. The molecule has 0 saturated carbocycles. The minimum absolute atomic E-state index is 0.0475. The van der Waals surface area contributed by atoms with Crippen LogP contribution in [0.3, 0.4) is 0 Å². The van der Waals surface area contributed by atoms with E-state index >= 15 is 0 Å². The summed E-state index contributed by atoms with van der Waals surface area (Å²) in [5.74, 6) is 0.860. The molecule has 0 unspecified atom stereocenters. The Morgan fingerprint density at radius 1 is 1.22 bits per heavy atom. The fourth-order valence-electron chi connectivity index (χ4n) is 1.89. The van der Waals surface area contributed by atoms with Crippen molar-refractivity contribution in [2.24, 2.45) is 0 Å². The van der Waals surface area contributed by atoms with Crippen LogP contribution in [0.25, 0.3) is 10.9 Å². The van der Waals surface area contributed by atoms with Crippen molar-refractivity contribution < 1.29 is 0 Å². The van der Waals surface area contributed by atoms with Gasteiger partial charge >= 0.3 is 0 Å². The Morgan fingerprint density at radius 2 is 1.94 bits per heavy atom. The molecule has 0 amide bonds. The minimum atomic E-state index is 0.0475. The third-order valence-electron chi connectivity index (χ3n) is 3.64. The number of rotatable bonds is 4. The predicted molar refractivity (Wildman–Crippen MR) is 76.6 cm³/mol. The predicted octanol–water partition coefficient (Wildman–Crippen LogP) is 3.20. The van der Waals surface area contributed by atoms with Crippen molar-refractivity contribution in [3.05, 3.63) is 24.5 Å². The van der Waals surface area contributed by atoms with E-state index < -0.39 is 0 Å². The molecule has 0 aliphatic rings. The van der Waals surface area contributed by atoms with Gasteiger partial charge in [0.25, 0.3) is 0 Å². The Morgan fingerprint density at radius 3 is 2.61 bits per heavy atom. The number of nitrogens with one attached hydrogen (secondary N) is 1. The minimum Gasteiger partial charge on any atom is -0.399 e. The molecule has 4 heteroatoms. The molecule has 0 saturated heterocycles. The van der Waals surface area contributed by atoms with Gasteiger partial charge in [-0.2, -0.15) is 0 Å². The van der Waals surface area contributed by atoms with E-state index in [-0.39, 0.29) is 5.54 Å². The lowest BCUT2D eigenvalue weighted by Gasteiger charge is -2.29. The first kappa shape index (κ1) is 12.6. The van der Waals surface area contributed by atoms with Gasteiger partial charge in [-0.05, 0) is 38.0 Å². The zero-order chi connectivity index (χ0) is 13.2. The van der Waals surface area contributed by atoms with Crippen molar-refractivity contribution in [3.8, 4) is 0 Å². The zero-order valence-electron chi connectivity index (χ0n) is 11.2. The van der Waals surface area contributed by atoms with Gasteiger partial charge in [0.2, 0.25) is 0 Å². The van der Waals surface area contributed by atoms with Crippen molar-refractivity contribution in [1.29, 1.82) is 0 Å². The number of hydrogen-bond donors (Lipinski definition) is 2. The third-order valence-corrected chi connectivity index (χ3v) is 3.64. The van der Waals surface area contributed by atoms with Crippen molar-refractivity contribution in [1.82, 2.24) is 9.97 Å². The second-order valence-electron chi connectivity index (χ2n) is 4.89. The number of nitrogens with zero attached hydrogens (tertiary/aromatic N) is 2. The maximum Gasteiger partial charge on any atom is 0.137 e. The highest BCUT2D eigenvalue weighted by Gasteiger charge is 2.20. The van der Waals surface area contributed by atoms with E-state index in [1.807, 2.05) is 18.2 Å². The van der Waals surface area contributed by atoms with E-state index in [2.05, 4.69) is 36.1 Å². The summed E-state index contributed by atoms with van der Waals surface area (Å²) in [7, 11) is 0. The summed E-state index contributed by atoms with van der Waals surface area (Å²) in [4.78, 5) is 8.61. The molecule has 0 radical (unpaired) electrons. The van der Waals surface area contributed by atoms with E-state index in [0.717, 1.165) is 35.2 Å².